The zero-order chi connectivity index (χ0) is 18.6. The van der Waals surface area contributed by atoms with Crippen LogP contribution in [0, 0.1) is 5.92 Å². The molecule has 142 valence electrons. The predicted octanol–water partition coefficient (Wildman–Crippen LogP) is 3.58. The van der Waals surface area contributed by atoms with Gasteiger partial charge in [-0.05, 0) is 55.5 Å². The van der Waals surface area contributed by atoms with Crippen LogP contribution < -0.4 is 10.1 Å². The van der Waals surface area contributed by atoms with Crippen molar-refractivity contribution in [3.63, 3.8) is 0 Å². The maximum atomic E-state index is 12.9. The molecule has 0 aliphatic carbocycles. The summed E-state index contributed by atoms with van der Waals surface area (Å²) < 4.78 is 5.19. The van der Waals surface area contributed by atoms with E-state index in [0.717, 1.165) is 31.6 Å². The molecule has 2 aliphatic heterocycles. The van der Waals surface area contributed by atoms with Gasteiger partial charge in [0.25, 0.3) is 0 Å². The van der Waals surface area contributed by atoms with Crippen LogP contribution >= 0.6 is 0 Å². The highest BCUT2D eigenvalue weighted by molar-refractivity contribution is 5.80. The fraction of sp³-hybridized carbons (Fsp3) is 0.435. The lowest BCUT2D eigenvalue weighted by Crippen LogP contribution is -2.38. The molecular weight excluding hydrogens is 336 g/mol. The van der Waals surface area contributed by atoms with E-state index in [9.17, 15) is 4.79 Å². The second-order valence-electron chi connectivity index (χ2n) is 7.61. The quantitative estimate of drug-likeness (QED) is 0.852. The third-order valence-corrected chi connectivity index (χ3v) is 6.08. The van der Waals surface area contributed by atoms with E-state index in [2.05, 4.69) is 52.7 Å². The Balaban J connectivity index is 1.35. The van der Waals surface area contributed by atoms with Gasteiger partial charge in [0, 0.05) is 18.6 Å². The minimum absolute atomic E-state index is 0.105. The molecule has 0 saturated carbocycles. The molecule has 4 rings (SSSR count). The predicted molar refractivity (Wildman–Crippen MR) is 107 cm³/mol. The second kappa shape index (κ2) is 8.13. The number of methoxy groups -OCH3 is 1. The average Bonchev–Trinajstić information content (AvgIpc) is 3.32. The minimum Gasteiger partial charge on any atom is -0.497 e. The molecule has 27 heavy (non-hydrogen) atoms. The molecule has 0 unspecified atom stereocenters. The number of rotatable bonds is 6. The third-order valence-electron chi connectivity index (χ3n) is 6.08. The Labute approximate surface area is 161 Å². The van der Waals surface area contributed by atoms with E-state index >= 15 is 0 Å². The number of nitrogens with one attached hydrogen (secondary N) is 1. The van der Waals surface area contributed by atoms with Gasteiger partial charge < -0.3 is 10.1 Å². The van der Waals surface area contributed by atoms with Crippen LogP contribution in [0.1, 0.15) is 36.4 Å². The first-order valence-electron chi connectivity index (χ1n) is 9.97. The normalized spacial score (nSPS) is 24.6. The summed E-state index contributed by atoms with van der Waals surface area (Å²) >= 11 is 0. The first-order chi connectivity index (χ1) is 13.3. The fourth-order valence-corrected chi connectivity index (χ4v) is 4.70. The molecular formula is C23H28N2O2. The van der Waals surface area contributed by atoms with Gasteiger partial charge in [-0.25, -0.2) is 0 Å². The van der Waals surface area contributed by atoms with Gasteiger partial charge in [0.15, 0.2) is 0 Å². The molecule has 2 aromatic carbocycles. The molecule has 2 saturated heterocycles. The highest BCUT2D eigenvalue weighted by atomic mass is 16.5. The number of carbonyl (C=O) groups is 1. The molecule has 4 nitrogen and oxygen atoms in total. The van der Waals surface area contributed by atoms with Crippen LogP contribution in [-0.2, 0) is 11.2 Å². The summed E-state index contributed by atoms with van der Waals surface area (Å²) in [6.07, 6.45) is 4.12. The van der Waals surface area contributed by atoms with Crippen molar-refractivity contribution in [2.75, 3.05) is 20.2 Å². The van der Waals surface area contributed by atoms with E-state index in [1.165, 1.54) is 17.5 Å². The largest absolute Gasteiger partial charge is 0.497 e. The number of hydrogen-bond acceptors (Lipinski definition) is 3. The SMILES string of the molecule is COc1ccc(CCNC(=O)[C@H]2C[C@@H](c3ccccc3)N3CCC[C@H]23)cc1. The third kappa shape index (κ3) is 3.86. The van der Waals surface area contributed by atoms with Crippen molar-refractivity contribution in [1.29, 1.82) is 0 Å². The topological polar surface area (TPSA) is 41.6 Å². The van der Waals surface area contributed by atoms with Crippen molar-refractivity contribution in [1.82, 2.24) is 10.2 Å². The smallest absolute Gasteiger partial charge is 0.224 e. The van der Waals surface area contributed by atoms with Crippen molar-refractivity contribution in [2.24, 2.45) is 5.92 Å². The lowest BCUT2D eigenvalue weighted by Gasteiger charge is -2.24. The van der Waals surface area contributed by atoms with Gasteiger partial charge >= 0.3 is 0 Å². The maximum Gasteiger partial charge on any atom is 0.224 e. The van der Waals surface area contributed by atoms with Gasteiger partial charge in [-0.2, -0.15) is 0 Å². The zero-order valence-electron chi connectivity index (χ0n) is 15.9. The molecule has 1 amide bonds. The van der Waals surface area contributed by atoms with Crippen LogP contribution in [0.4, 0.5) is 0 Å². The number of hydrogen-bond donors (Lipinski definition) is 1. The Bertz CT molecular complexity index is 760. The standard InChI is InChI=1S/C23H28N2O2/c1-27-19-11-9-17(10-12-19)13-14-24-23(26)20-16-22(18-6-3-2-4-7-18)25-15-5-8-21(20)25/h2-4,6-7,9-12,20-22H,5,8,13-16H2,1H3,(H,24,26)/t20-,21+,22-/m0/s1. The van der Waals surface area contributed by atoms with E-state index in [1.807, 2.05) is 12.1 Å². The van der Waals surface area contributed by atoms with E-state index in [0.29, 0.717) is 18.6 Å². The van der Waals surface area contributed by atoms with Gasteiger partial charge in [-0.1, -0.05) is 42.5 Å². The van der Waals surface area contributed by atoms with Crippen LogP contribution in [0.5, 0.6) is 5.75 Å². The van der Waals surface area contributed by atoms with Crippen LogP contribution in [-0.4, -0.2) is 37.0 Å². The summed E-state index contributed by atoms with van der Waals surface area (Å²) in [5.41, 5.74) is 2.56. The summed E-state index contributed by atoms with van der Waals surface area (Å²) in [6.45, 7) is 1.80. The van der Waals surface area contributed by atoms with Crippen LogP contribution in [0.2, 0.25) is 0 Å². The number of carbonyl (C=O) groups excluding carboxylic acids is 1. The highest BCUT2D eigenvalue weighted by Crippen LogP contribution is 2.44. The van der Waals surface area contributed by atoms with Gasteiger partial charge in [0.1, 0.15) is 5.75 Å². The van der Waals surface area contributed by atoms with E-state index in [-0.39, 0.29) is 11.8 Å². The Morgan fingerprint density at radius 1 is 1.15 bits per heavy atom. The van der Waals surface area contributed by atoms with E-state index < -0.39 is 0 Å². The Hall–Kier alpha value is -2.33. The number of ether oxygens (including phenoxy) is 1. The van der Waals surface area contributed by atoms with Gasteiger partial charge in [-0.15, -0.1) is 0 Å². The van der Waals surface area contributed by atoms with Gasteiger partial charge in [0.05, 0.1) is 13.0 Å². The molecule has 0 spiro atoms. The molecule has 2 aromatic rings. The zero-order valence-corrected chi connectivity index (χ0v) is 15.9. The molecule has 0 radical (unpaired) electrons. The summed E-state index contributed by atoms with van der Waals surface area (Å²) in [5.74, 6) is 1.19. The van der Waals surface area contributed by atoms with Crippen molar-refractivity contribution < 1.29 is 9.53 Å². The van der Waals surface area contributed by atoms with Crippen molar-refractivity contribution >= 4 is 5.91 Å². The fourth-order valence-electron chi connectivity index (χ4n) is 4.70. The second-order valence-corrected chi connectivity index (χ2v) is 7.61. The number of fused-ring (bicyclic) bond motifs is 1. The number of amides is 1. The molecule has 0 aromatic heterocycles. The highest BCUT2D eigenvalue weighted by Gasteiger charge is 2.46. The molecule has 3 atom stereocenters. The lowest BCUT2D eigenvalue weighted by atomic mass is 9.93. The summed E-state index contributed by atoms with van der Waals surface area (Å²) in [4.78, 5) is 15.5. The van der Waals surface area contributed by atoms with Crippen molar-refractivity contribution in [3.8, 4) is 5.75 Å². The summed E-state index contributed by atoms with van der Waals surface area (Å²) in [5, 5.41) is 3.19. The molecule has 1 N–H and O–H groups in total. The Morgan fingerprint density at radius 3 is 2.67 bits per heavy atom. The van der Waals surface area contributed by atoms with E-state index in [1.54, 1.807) is 7.11 Å². The number of benzene rings is 2. The summed E-state index contributed by atoms with van der Waals surface area (Å²) in [6, 6.07) is 19.5. The average molecular weight is 364 g/mol. The van der Waals surface area contributed by atoms with Gasteiger partial charge in [0.2, 0.25) is 5.91 Å². The molecule has 2 heterocycles. The Morgan fingerprint density at radius 2 is 1.93 bits per heavy atom. The van der Waals surface area contributed by atoms with Gasteiger partial charge in [-0.3, -0.25) is 9.69 Å². The van der Waals surface area contributed by atoms with E-state index in [4.69, 9.17) is 4.74 Å². The summed E-state index contributed by atoms with van der Waals surface area (Å²) in [7, 11) is 1.67. The molecule has 2 fully saturated rings. The van der Waals surface area contributed by atoms with Crippen LogP contribution in [0.3, 0.4) is 0 Å². The first-order valence-corrected chi connectivity index (χ1v) is 9.97. The molecule has 2 aliphatic rings. The minimum atomic E-state index is 0.105. The number of nitrogens with zero attached hydrogens (tertiary/aromatic N) is 1. The Kier molecular flexibility index (Phi) is 5.44. The monoisotopic (exact) mass is 364 g/mol. The van der Waals surface area contributed by atoms with Crippen molar-refractivity contribution in [2.45, 2.75) is 37.8 Å². The first kappa shape index (κ1) is 18.1. The molecule has 4 heteroatoms. The lowest BCUT2D eigenvalue weighted by molar-refractivity contribution is -0.125. The van der Waals surface area contributed by atoms with Crippen LogP contribution in [0.25, 0.3) is 0 Å². The van der Waals surface area contributed by atoms with Crippen molar-refractivity contribution in [3.05, 3.63) is 65.7 Å². The van der Waals surface area contributed by atoms with Crippen LogP contribution in [0.15, 0.2) is 54.6 Å². The maximum absolute atomic E-state index is 12.9. The molecule has 0 bridgehead atoms.